The highest BCUT2D eigenvalue weighted by atomic mass is 35.5. The molecule has 1 atom stereocenters. The molecular formula is C34H26Cl4F3NO5. The van der Waals surface area contributed by atoms with Crippen molar-refractivity contribution in [1.29, 1.82) is 0 Å². The second kappa shape index (κ2) is 14.0. The van der Waals surface area contributed by atoms with Gasteiger partial charge >= 0.3 is 12.6 Å². The van der Waals surface area contributed by atoms with Gasteiger partial charge in [0.1, 0.15) is 22.5 Å². The molecule has 0 aliphatic heterocycles. The molecule has 2 aliphatic rings. The maximum Gasteiger partial charge on any atom is 0.387 e. The minimum atomic E-state index is -3.12. The van der Waals surface area contributed by atoms with Crippen molar-refractivity contribution in [3.8, 4) is 22.6 Å². The van der Waals surface area contributed by atoms with Crippen LogP contribution in [-0.4, -0.2) is 24.2 Å². The third-order valence-electron chi connectivity index (χ3n) is 8.06. The van der Waals surface area contributed by atoms with E-state index < -0.39 is 35.6 Å². The number of halogens is 7. The van der Waals surface area contributed by atoms with Crippen molar-refractivity contribution >= 4 is 52.4 Å². The Bertz CT molecular complexity index is 1880. The Morgan fingerprint density at radius 2 is 1.66 bits per heavy atom. The molecule has 0 bridgehead atoms. The lowest BCUT2D eigenvalue weighted by molar-refractivity contribution is -0.0515. The Balaban J connectivity index is 1.43. The fourth-order valence-electron chi connectivity index (χ4n) is 5.33. The fraction of sp³-hybridized carbons (Fsp3) is 0.294. The van der Waals surface area contributed by atoms with Crippen molar-refractivity contribution < 1.29 is 32.2 Å². The van der Waals surface area contributed by atoms with Crippen LogP contribution in [0.1, 0.15) is 64.8 Å². The molecule has 1 heterocycles. The van der Waals surface area contributed by atoms with E-state index in [1.807, 2.05) is 6.07 Å². The van der Waals surface area contributed by atoms with Crippen molar-refractivity contribution in [1.82, 2.24) is 4.98 Å². The maximum absolute atomic E-state index is 16.4. The summed E-state index contributed by atoms with van der Waals surface area (Å²) in [5.74, 6) is -2.15. The maximum atomic E-state index is 16.4. The molecule has 13 heteroatoms. The summed E-state index contributed by atoms with van der Waals surface area (Å²) in [7, 11) is 0. The normalized spacial score (nSPS) is 15.1. The number of hydrogen-bond acceptors (Lipinski definition) is 5. The van der Waals surface area contributed by atoms with E-state index in [0.29, 0.717) is 24.0 Å². The molecule has 2 aliphatic carbocycles. The van der Waals surface area contributed by atoms with E-state index in [0.717, 1.165) is 12.8 Å². The number of nitrogens with one attached hydrogen (secondary N) is 1. The molecule has 1 unspecified atom stereocenters. The highest BCUT2D eigenvalue weighted by molar-refractivity contribution is 6.45. The first-order valence-corrected chi connectivity index (χ1v) is 16.3. The lowest BCUT2D eigenvalue weighted by Crippen LogP contribution is -2.19. The van der Waals surface area contributed by atoms with Crippen LogP contribution in [0.4, 0.5) is 13.2 Å². The largest absolute Gasteiger partial charge is 0.489 e. The zero-order valence-electron chi connectivity index (χ0n) is 24.4. The molecule has 2 fully saturated rings. The second-order valence-corrected chi connectivity index (χ2v) is 13.0. The number of ether oxygens (including phenoxy) is 3. The molecule has 246 valence electrons. The Morgan fingerprint density at radius 1 is 0.936 bits per heavy atom. The molecule has 0 amide bonds. The number of carbonyl (C=O) groups is 1. The van der Waals surface area contributed by atoms with Crippen LogP contribution in [0.5, 0.6) is 11.5 Å². The molecule has 0 radical (unpaired) electrons. The zero-order chi connectivity index (χ0) is 33.4. The standard InChI is InChI=1S/C34H26Cl4F3NO5/c35-21-14-42-32(43)28(36)20(21)13-23(19-10-11-22(47-34(40)41)24(12-19)45-15-16-6-7-16)46-33(44)27-30(38)29(37)25(17-4-2-1-3-5-17)26(31(27)39)18-8-9-18/h1-5,10-12,14,16,18,23,34H,6-9,13,15H2,(H,42,43). The quantitative estimate of drug-likeness (QED) is 0.116. The first-order valence-electron chi connectivity index (χ1n) is 14.8. The van der Waals surface area contributed by atoms with Crippen LogP contribution in [0.3, 0.4) is 0 Å². The van der Waals surface area contributed by atoms with Crippen LogP contribution in [0, 0.1) is 11.7 Å². The number of carbonyl (C=O) groups excluding carboxylic acids is 1. The summed E-state index contributed by atoms with van der Waals surface area (Å²) in [6, 6.07) is 12.9. The molecule has 0 spiro atoms. The average molecular weight is 727 g/mol. The third kappa shape index (κ3) is 7.38. The van der Waals surface area contributed by atoms with Crippen LogP contribution in [0.2, 0.25) is 20.1 Å². The van der Waals surface area contributed by atoms with Gasteiger partial charge in [-0.2, -0.15) is 8.78 Å². The molecule has 0 saturated heterocycles. The van der Waals surface area contributed by atoms with Gasteiger partial charge in [-0.05, 0) is 60.8 Å². The predicted molar refractivity (Wildman–Crippen MR) is 174 cm³/mol. The van der Waals surface area contributed by atoms with Crippen LogP contribution in [0.25, 0.3) is 11.1 Å². The van der Waals surface area contributed by atoms with Crippen LogP contribution < -0.4 is 15.0 Å². The van der Waals surface area contributed by atoms with Gasteiger partial charge in [0.2, 0.25) is 0 Å². The van der Waals surface area contributed by atoms with Gasteiger partial charge in [-0.1, -0.05) is 82.8 Å². The number of alkyl halides is 2. The smallest absolute Gasteiger partial charge is 0.387 e. The zero-order valence-corrected chi connectivity index (χ0v) is 27.5. The van der Waals surface area contributed by atoms with E-state index in [4.69, 9.17) is 55.9 Å². The monoisotopic (exact) mass is 725 g/mol. The minimum Gasteiger partial charge on any atom is -0.489 e. The summed E-state index contributed by atoms with van der Waals surface area (Å²) in [6.07, 6.45) is 2.96. The van der Waals surface area contributed by atoms with Gasteiger partial charge in [0.05, 0.1) is 21.7 Å². The van der Waals surface area contributed by atoms with Crippen LogP contribution in [0.15, 0.2) is 59.5 Å². The summed E-state index contributed by atoms with van der Waals surface area (Å²) in [4.78, 5) is 28.7. The molecular weight excluding hydrogens is 701 g/mol. The van der Waals surface area contributed by atoms with Crippen LogP contribution in [-0.2, 0) is 11.2 Å². The molecule has 47 heavy (non-hydrogen) atoms. The van der Waals surface area contributed by atoms with E-state index >= 15 is 4.39 Å². The number of hydrogen-bond donors (Lipinski definition) is 1. The molecule has 1 N–H and O–H groups in total. The van der Waals surface area contributed by atoms with Gasteiger partial charge in [0.25, 0.3) is 5.56 Å². The molecule has 4 aromatic rings. The number of aromatic amines is 1. The third-order valence-corrected chi connectivity index (χ3v) is 9.65. The molecule has 3 aromatic carbocycles. The van der Waals surface area contributed by atoms with Gasteiger partial charge in [0.15, 0.2) is 11.5 Å². The minimum absolute atomic E-state index is 0.00499. The number of rotatable bonds is 12. The first kappa shape index (κ1) is 33.5. The number of H-pyrrole nitrogens is 1. The van der Waals surface area contributed by atoms with Crippen molar-refractivity contribution in [3.05, 3.63) is 113 Å². The Labute approximate surface area is 287 Å². The lowest BCUT2D eigenvalue weighted by atomic mass is 9.93. The molecule has 6 nitrogen and oxygen atoms in total. The van der Waals surface area contributed by atoms with E-state index in [-0.39, 0.29) is 73.1 Å². The van der Waals surface area contributed by atoms with Crippen LogP contribution >= 0.6 is 46.4 Å². The van der Waals surface area contributed by atoms with E-state index in [1.165, 1.54) is 24.4 Å². The number of aromatic nitrogens is 1. The highest BCUT2D eigenvalue weighted by Gasteiger charge is 2.37. The molecule has 6 rings (SSSR count). The number of benzene rings is 3. The Hall–Kier alpha value is -3.37. The SMILES string of the molecule is O=C(OC(Cc1c(Cl)c[nH]c(=O)c1Cl)c1ccc(OC(F)F)c(OCC2CC2)c1)c1c(F)c(C2CC2)c(-c2ccccc2)c(Cl)c1Cl. The van der Waals surface area contributed by atoms with Gasteiger partial charge in [-0.3, -0.25) is 4.79 Å². The average Bonchev–Trinajstić information content (AvgIpc) is 3.98. The summed E-state index contributed by atoms with van der Waals surface area (Å²) < 4.78 is 59.3. The van der Waals surface area contributed by atoms with Crippen molar-refractivity contribution in [2.45, 2.75) is 50.7 Å². The highest BCUT2D eigenvalue weighted by Crippen LogP contribution is 2.51. The summed E-state index contributed by atoms with van der Waals surface area (Å²) in [6.45, 7) is -2.86. The van der Waals surface area contributed by atoms with Crippen molar-refractivity contribution in [2.75, 3.05) is 6.61 Å². The van der Waals surface area contributed by atoms with E-state index in [9.17, 15) is 18.4 Å². The van der Waals surface area contributed by atoms with E-state index in [2.05, 4.69) is 9.72 Å². The lowest BCUT2D eigenvalue weighted by Gasteiger charge is -2.23. The van der Waals surface area contributed by atoms with Crippen molar-refractivity contribution in [3.63, 3.8) is 0 Å². The number of esters is 1. The van der Waals surface area contributed by atoms with Gasteiger partial charge in [-0.15, -0.1) is 0 Å². The Kier molecular flexibility index (Phi) is 9.99. The van der Waals surface area contributed by atoms with Crippen molar-refractivity contribution in [2.24, 2.45) is 5.92 Å². The second-order valence-electron chi connectivity index (χ2n) is 11.4. The fourth-order valence-corrected chi connectivity index (χ4v) is 6.40. The van der Waals surface area contributed by atoms with Gasteiger partial charge < -0.3 is 19.2 Å². The molecule has 2 saturated carbocycles. The first-order chi connectivity index (χ1) is 22.5. The topological polar surface area (TPSA) is 77.6 Å². The van der Waals surface area contributed by atoms with Gasteiger partial charge in [-0.25, -0.2) is 9.18 Å². The van der Waals surface area contributed by atoms with E-state index in [1.54, 1.807) is 24.3 Å². The summed E-state index contributed by atoms with van der Waals surface area (Å²) in [5.41, 5.74) is 0.473. The summed E-state index contributed by atoms with van der Waals surface area (Å²) in [5, 5.41) is -0.530. The predicted octanol–water partition coefficient (Wildman–Crippen LogP) is 10.2. The van der Waals surface area contributed by atoms with Gasteiger partial charge in [0, 0.05) is 29.3 Å². The Morgan fingerprint density at radius 3 is 2.32 bits per heavy atom. The molecule has 1 aromatic heterocycles. The summed E-state index contributed by atoms with van der Waals surface area (Å²) >= 11 is 26.0. The number of pyridine rings is 1.